The van der Waals surface area contributed by atoms with Crippen LogP contribution in [0.4, 0.5) is 0 Å². The van der Waals surface area contributed by atoms with Gasteiger partial charge in [-0.1, -0.05) is 0 Å². The Morgan fingerprint density at radius 1 is 1.45 bits per heavy atom. The Kier molecular flexibility index (Phi) is 18.8. The van der Waals surface area contributed by atoms with E-state index in [0.29, 0.717) is 4.59 Å². The molecule has 3 heteroatoms. The van der Waals surface area contributed by atoms with Gasteiger partial charge in [0.2, 0.25) is 0 Å². The monoisotopic (exact) mass is 130 g/mol. The van der Waals surface area contributed by atoms with Crippen LogP contribution in [-0.2, 0) is 0 Å². The fraction of sp³-hybridized carbons (Fsp3) is 0.750. The number of hydrogen-bond donors (Lipinski definition) is 0. The Bertz CT molecular complexity index is 108. The van der Waals surface area contributed by atoms with Gasteiger partial charge in [-0.15, -0.1) is 0 Å². The summed E-state index contributed by atoms with van der Waals surface area (Å²) in [7, 11) is 0. The molecule has 0 aromatic carbocycles. The average Bonchev–Trinajstić information content (AvgIpc) is 1.90. The van der Waals surface area contributed by atoms with Gasteiger partial charge < -0.3 is 0 Å². The van der Waals surface area contributed by atoms with Gasteiger partial charge in [0.05, 0.1) is 0 Å². The second-order valence-electron chi connectivity index (χ2n) is 2.90. The van der Waals surface area contributed by atoms with Gasteiger partial charge in [-0.05, 0) is 0 Å². The predicted molar refractivity (Wildman–Crippen MR) is 54.2 cm³/mol. The topological polar surface area (TPSA) is 0 Å². The van der Waals surface area contributed by atoms with Gasteiger partial charge in [0, 0.05) is 0 Å². The van der Waals surface area contributed by atoms with Crippen LogP contribution in [0.15, 0.2) is 0 Å². The SMILES string of the molecule is [Li][CH2]CCC.[Li][C]#C[CH]([Li])C. The zero-order valence-corrected chi connectivity index (χ0v) is 8.70. The van der Waals surface area contributed by atoms with Gasteiger partial charge in [0.1, 0.15) is 0 Å². The van der Waals surface area contributed by atoms with Crippen LogP contribution in [-0.4, -0.2) is 53.1 Å². The minimum atomic E-state index is 0.537. The maximum atomic E-state index is 2.96. The summed E-state index contributed by atoms with van der Waals surface area (Å²) < 4.78 is 3.35. The Morgan fingerprint density at radius 3 is 2.00 bits per heavy atom. The van der Waals surface area contributed by atoms with E-state index in [4.69, 9.17) is 0 Å². The average molecular weight is 130 g/mol. The van der Waals surface area contributed by atoms with Crippen molar-refractivity contribution in [2.75, 3.05) is 0 Å². The van der Waals surface area contributed by atoms with Crippen LogP contribution in [0.3, 0.4) is 0 Å². The Labute approximate surface area is 99.3 Å². The molecule has 0 aliphatic carbocycles. The zero-order valence-electron chi connectivity index (χ0n) is 8.70. The summed E-state index contributed by atoms with van der Waals surface area (Å²) in [5, 5.41) is 1.34. The summed E-state index contributed by atoms with van der Waals surface area (Å²) in [6, 6.07) is 0. The molecule has 0 rings (SSSR count). The van der Waals surface area contributed by atoms with Gasteiger partial charge in [-0.2, -0.15) is 0 Å². The van der Waals surface area contributed by atoms with Gasteiger partial charge in [0.15, 0.2) is 0 Å². The first-order valence-electron chi connectivity index (χ1n) is 4.61. The van der Waals surface area contributed by atoms with Crippen molar-refractivity contribution in [2.45, 2.75) is 36.4 Å². The predicted octanol–water partition coefficient (Wildman–Crippen LogP) is 1.47. The quantitative estimate of drug-likeness (QED) is 0.392. The van der Waals surface area contributed by atoms with Crippen molar-refractivity contribution in [2.24, 2.45) is 0 Å². The van der Waals surface area contributed by atoms with Crippen LogP contribution in [0.25, 0.3) is 0 Å². The van der Waals surface area contributed by atoms with Gasteiger partial charge in [0.25, 0.3) is 0 Å². The van der Waals surface area contributed by atoms with Crippen LogP contribution in [0.1, 0.15) is 26.7 Å². The van der Waals surface area contributed by atoms with Crippen molar-refractivity contribution in [3.05, 3.63) is 0 Å². The van der Waals surface area contributed by atoms with Gasteiger partial charge >= 0.3 is 100 Å². The van der Waals surface area contributed by atoms with Crippen molar-refractivity contribution < 1.29 is 0 Å². The summed E-state index contributed by atoms with van der Waals surface area (Å²) in [6.07, 6.45) is 2.73. The van der Waals surface area contributed by atoms with Crippen LogP contribution < -0.4 is 0 Å². The molecule has 0 nitrogen and oxygen atoms in total. The molecule has 0 amide bonds. The van der Waals surface area contributed by atoms with E-state index in [1.807, 2.05) is 17.7 Å². The third kappa shape index (κ3) is 24.6. The number of rotatable bonds is 2. The first-order valence-corrected chi connectivity index (χ1v) is 4.61. The number of hydrogen-bond acceptors (Lipinski definition) is 0. The molecule has 0 spiro atoms. The molecule has 0 N–H and O–H groups in total. The van der Waals surface area contributed by atoms with Crippen molar-refractivity contribution in [1.29, 1.82) is 0 Å². The fourth-order valence-electron chi connectivity index (χ4n) is 0.642. The van der Waals surface area contributed by atoms with Crippen LogP contribution in [0, 0.1) is 10.5 Å². The van der Waals surface area contributed by atoms with Crippen molar-refractivity contribution in [3.8, 4) is 10.5 Å². The molecule has 0 saturated carbocycles. The van der Waals surface area contributed by atoms with E-state index in [0.717, 1.165) is 0 Å². The maximum absolute atomic E-state index is 2.96. The third-order valence-electron chi connectivity index (χ3n) is 1.14. The third-order valence-corrected chi connectivity index (χ3v) is 1.14. The number of unbranched alkanes of at least 4 members (excludes halogenated alkanes) is 1. The zero-order chi connectivity index (χ0) is 9.11. The van der Waals surface area contributed by atoms with E-state index in [-0.39, 0.29) is 0 Å². The first kappa shape index (κ1) is 14.9. The fourth-order valence-corrected chi connectivity index (χ4v) is 0.642. The molecule has 1 atom stereocenters. The summed E-state index contributed by atoms with van der Waals surface area (Å²) in [5.41, 5.74) is 0. The standard InChI is InChI=1S/C4H9.C4H4.3Li/c2*1-3-4-2;;;/h1,3-4H2,2H3;3H,1H3;;;. The Balaban J connectivity index is 0. The summed E-state index contributed by atoms with van der Waals surface area (Å²) in [5.74, 6) is 2.96. The van der Waals surface area contributed by atoms with E-state index in [1.165, 1.54) is 17.9 Å². The van der Waals surface area contributed by atoms with Crippen LogP contribution in [0.2, 0.25) is 9.68 Å². The molecule has 0 bridgehead atoms. The molecule has 48 valence electrons. The van der Waals surface area contributed by atoms with Crippen LogP contribution >= 0.6 is 0 Å². The Hall–Kier alpha value is 1.35. The molecule has 0 fully saturated rings. The van der Waals surface area contributed by atoms with E-state index in [1.54, 1.807) is 0 Å². The molecule has 0 heterocycles. The van der Waals surface area contributed by atoms with Crippen molar-refractivity contribution >= 4 is 53.1 Å². The molecular formula is C8H13Li3. The first-order chi connectivity index (χ1) is 5.18. The normalized spacial score (nSPS) is 10.5. The van der Waals surface area contributed by atoms with E-state index in [2.05, 4.69) is 59.8 Å². The molecule has 0 radical (unpaired) electrons. The summed E-state index contributed by atoms with van der Waals surface area (Å²) in [6.45, 7) is 4.29. The molecule has 0 aromatic heterocycles. The van der Waals surface area contributed by atoms with E-state index < -0.39 is 0 Å². The molecule has 0 aromatic rings. The Morgan fingerprint density at radius 2 is 2.00 bits per heavy atom. The van der Waals surface area contributed by atoms with Crippen molar-refractivity contribution in [1.82, 2.24) is 0 Å². The van der Waals surface area contributed by atoms with E-state index >= 15 is 0 Å². The summed E-state index contributed by atoms with van der Waals surface area (Å²) >= 11 is 6.15. The molecule has 0 saturated heterocycles. The molecule has 0 aliphatic rings. The second-order valence-corrected chi connectivity index (χ2v) is 2.90. The second kappa shape index (κ2) is 13.9. The minimum absolute atomic E-state index is 0.537. The molecule has 0 aliphatic heterocycles. The summed E-state index contributed by atoms with van der Waals surface area (Å²) in [4.78, 5) is 0. The molecule has 11 heavy (non-hydrogen) atoms. The molecule has 1 unspecified atom stereocenters. The molecular weight excluding hydrogens is 117 g/mol. The van der Waals surface area contributed by atoms with Crippen LogP contribution in [0.5, 0.6) is 0 Å². The van der Waals surface area contributed by atoms with Crippen molar-refractivity contribution in [3.63, 3.8) is 0 Å². The van der Waals surface area contributed by atoms with E-state index in [9.17, 15) is 0 Å². The van der Waals surface area contributed by atoms with Gasteiger partial charge in [-0.25, -0.2) is 0 Å². The van der Waals surface area contributed by atoms with Gasteiger partial charge in [-0.3, -0.25) is 0 Å².